The van der Waals surface area contributed by atoms with E-state index in [2.05, 4.69) is 16.2 Å². The van der Waals surface area contributed by atoms with E-state index >= 15 is 0 Å². The number of nitrogens with one attached hydrogen (secondary N) is 3. The first-order valence-electron chi connectivity index (χ1n) is 6.91. The smallest absolute Gasteiger partial charge is 0.242 e. The van der Waals surface area contributed by atoms with E-state index in [0.29, 0.717) is 26.4 Å². The molecule has 5 nitrogen and oxygen atoms in total. The second-order valence-corrected chi connectivity index (χ2v) is 6.22. The second-order valence-electron chi connectivity index (χ2n) is 4.97. The zero-order chi connectivity index (χ0) is 17.7. The topological polar surface area (TPSA) is 70.2 Å². The number of hydrogen-bond donors (Lipinski definition) is 3. The first kappa shape index (κ1) is 18.4. The molecule has 126 valence electrons. The number of amides is 2. The van der Waals surface area contributed by atoms with Crippen LogP contribution >= 0.6 is 34.8 Å². The van der Waals surface area contributed by atoms with Gasteiger partial charge in [-0.05, 0) is 29.8 Å². The SMILES string of the molecule is CC(=O)Nc1ccc(CC(=O)NNc2c(Cl)cc(Cl)cc2Cl)cc1. The predicted molar refractivity (Wildman–Crippen MR) is 97.7 cm³/mol. The van der Waals surface area contributed by atoms with Crippen LogP contribution in [0, 0.1) is 0 Å². The Morgan fingerprint density at radius 3 is 2.12 bits per heavy atom. The molecule has 0 radical (unpaired) electrons. The summed E-state index contributed by atoms with van der Waals surface area (Å²) >= 11 is 17.9. The van der Waals surface area contributed by atoms with Crippen LogP contribution in [-0.2, 0) is 16.0 Å². The zero-order valence-electron chi connectivity index (χ0n) is 12.6. The minimum atomic E-state index is -0.274. The van der Waals surface area contributed by atoms with E-state index in [1.807, 2.05) is 0 Å². The van der Waals surface area contributed by atoms with Crippen LogP contribution in [0.15, 0.2) is 36.4 Å². The summed E-state index contributed by atoms with van der Waals surface area (Å²) in [6, 6.07) is 10.0. The Labute approximate surface area is 154 Å². The lowest BCUT2D eigenvalue weighted by Crippen LogP contribution is -2.31. The van der Waals surface area contributed by atoms with E-state index in [0.717, 1.165) is 5.56 Å². The minimum absolute atomic E-state index is 0.149. The first-order valence-corrected chi connectivity index (χ1v) is 8.04. The molecular formula is C16H14Cl3N3O2. The van der Waals surface area contributed by atoms with Gasteiger partial charge in [-0.1, -0.05) is 46.9 Å². The third kappa shape index (κ3) is 5.30. The van der Waals surface area contributed by atoms with Crippen molar-refractivity contribution in [2.45, 2.75) is 13.3 Å². The number of rotatable bonds is 5. The van der Waals surface area contributed by atoms with Crippen LogP contribution in [-0.4, -0.2) is 11.8 Å². The van der Waals surface area contributed by atoms with Gasteiger partial charge in [-0.2, -0.15) is 0 Å². The van der Waals surface area contributed by atoms with Crippen molar-refractivity contribution in [3.8, 4) is 0 Å². The number of carbonyl (C=O) groups is 2. The Balaban J connectivity index is 1.93. The Morgan fingerprint density at radius 2 is 1.58 bits per heavy atom. The molecule has 2 rings (SSSR count). The molecule has 0 saturated heterocycles. The molecule has 3 N–H and O–H groups in total. The number of hydrazine groups is 1. The Hall–Kier alpha value is -1.95. The van der Waals surface area contributed by atoms with Gasteiger partial charge in [0.25, 0.3) is 0 Å². The van der Waals surface area contributed by atoms with Gasteiger partial charge in [-0.15, -0.1) is 0 Å². The van der Waals surface area contributed by atoms with Gasteiger partial charge in [0.1, 0.15) is 0 Å². The highest BCUT2D eigenvalue weighted by Crippen LogP contribution is 2.33. The van der Waals surface area contributed by atoms with Crippen LogP contribution in [0.4, 0.5) is 11.4 Å². The summed E-state index contributed by atoms with van der Waals surface area (Å²) in [6.45, 7) is 1.43. The fraction of sp³-hybridized carbons (Fsp3) is 0.125. The lowest BCUT2D eigenvalue weighted by Gasteiger charge is -2.12. The van der Waals surface area contributed by atoms with Gasteiger partial charge in [0, 0.05) is 17.6 Å². The van der Waals surface area contributed by atoms with Crippen LogP contribution in [0.25, 0.3) is 0 Å². The fourth-order valence-corrected chi connectivity index (χ4v) is 2.84. The fourth-order valence-electron chi connectivity index (χ4n) is 1.93. The summed E-state index contributed by atoms with van der Waals surface area (Å²) in [5.41, 5.74) is 7.04. The van der Waals surface area contributed by atoms with Crippen molar-refractivity contribution in [2.75, 3.05) is 10.7 Å². The summed E-state index contributed by atoms with van der Waals surface area (Å²) in [6.07, 6.45) is 0.149. The average molecular weight is 387 g/mol. The maximum atomic E-state index is 12.0. The molecule has 0 heterocycles. The molecule has 0 aromatic heterocycles. The lowest BCUT2D eigenvalue weighted by atomic mass is 10.1. The lowest BCUT2D eigenvalue weighted by molar-refractivity contribution is -0.120. The zero-order valence-corrected chi connectivity index (χ0v) is 14.9. The Kier molecular flexibility index (Phi) is 6.31. The highest BCUT2D eigenvalue weighted by Gasteiger charge is 2.09. The Bertz CT molecular complexity index is 741. The number of carbonyl (C=O) groups excluding carboxylic acids is 2. The third-order valence-corrected chi connectivity index (χ3v) is 3.79. The summed E-state index contributed by atoms with van der Waals surface area (Å²) < 4.78 is 0. The second kappa shape index (κ2) is 8.24. The minimum Gasteiger partial charge on any atom is -0.326 e. The van der Waals surface area contributed by atoms with Gasteiger partial charge in [-0.3, -0.25) is 20.4 Å². The van der Waals surface area contributed by atoms with Gasteiger partial charge >= 0.3 is 0 Å². The van der Waals surface area contributed by atoms with Crippen LogP contribution in [0.5, 0.6) is 0 Å². The number of halogens is 3. The number of anilines is 2. The van der Waals surface area contributed by atoms with E-state index in [4.69, 9.17) is 34.8 Å². The molecule has 24 heavy (non-hydrogen) atoms. The van der Waals surface area contributed by atoms with Crippen molar-refractivity contribution in [3.63, 3.8) is 0 Å². The maximum absolute atomic E-state index is 12.0. The molecule has 0 bridgehead atoms. The third-order valence-electron chi connectivity index (χ3n) is 2.97. The normalized spacial score (nSPS) is 10.2. The van der Waals surface area contributed by atoms with Gasteiger partial charge < -0.3 is 5.32 Å². The van der Waals surface area contributed by atoms with Crippen molar-refractivity contribution in [2.24, 2.45) is 0 Å². The van der Waals surface area contributed by atoms with Gasteiger partial charge in [0.2, 0.25) is 11.8 Å². The molecule has 2 aromatic rings. The van der Waals surface area contributed by atoms with Crippen LogP contribution in [0.2, 0.25) is 15.1 Å². The molecule has 8 heteroatoms. The quantitative estimate of drug-likeness (QED) is 0.671. The Morgan fingerprint density at radius 1 is 1.00 bits per heavy atom. The highest BCUT2D eigenvalue weighted by atomic mass is 35.5. The molecule has 2 amide bonds. The van der Waals surface area contributed by atoms with E-state index in [-0.39, 0.29) is 18.2 Å². The summed E-state index contributed by atoms with van der Waals surface area (Å²) in [7, 11) is 0. The van der Waals surface area contributed by atoms with Gasteiger partial charge in [0.15, 0.2) is 0 Å². The van der Waals surface area contributed by atoms with Gasteiger partial charge in [-0.25, -0.2) is 0 Å². The molecule has 0 unspecified atom stereocenters. The monoisotopic (exact) mass is 385 g/mol. The van der Waals surface area contributed by atoms with E-state index in [1.165, 1.54) is 19.1 Å². The molecule has 0 aliphatic heterocycles. The predicted octanol–water partition coefficient (Wildman–Crippen LogP) is 4.29. The molecule has 2 aromatic carbocycles. The van der Waals surface area contributed by atoms with E-state index in [1.54, 1.807) is 24.3 Å². The summed E-state index contributed by atoms with van der Waals surface area (Å²) in [5, 5.41) is 3.66. The summed E-state index contributed by atoms with van der Waals surface area (Å²) in [5.74, 6) is -0.425. The summed E-state index contributed by atoms with van der Waals surface area (Å²) in [4.78, 5) is 22.9. The first-order chi connectivity index (χ1) is 11.3. The molecule has 0 spiro atoms. The van der Waals surface area contributed by atoms with Crippen LogP contribution < -0.4 is 16.2 Å². The molecule has 0 saturated carbocycles. The van der Waals surface area contributed by atoms with Crippen LogP contribution in [0.3, 0.4) is 0 Å². The maximum Gasteiger partial charge on any atom is 0.242 e. The molecular weight excluding hydrogens is 373 g/mol. The highest BCUT2D eigenvalue weighted by molar-refractivity contribution is 6.41. The standard InChI is InChI=1S/C16H14Cl3N3O2/c1-9(23)20-12-4-2-10(3-5-12)6-15(24)21-22-16-13(18)7-11(17)8-14(16)19/h2-5,7-8,22H,6H2,1H3,(H,20,23)(H,21,24). The van der Waals surface area contributed by atoms with Crippen LogP contribution in [0.1, 0.15) is 12.5 Å². The largest absolute Gasteiger partial charge is 0.326 e. The molecule has 0 aliphatic rings. The number of benzene rings is 2. The van der Waals surface area contributed by atoms with E-state index in [9.17, 15) is 9.59 Å². The molecule has 0 fully saturated rings. The van der Waals surface area contributed by atoms with Crippen molar-refractivity contribution in [1.82, 2.24) is 5.43 Å². The van der Waals surface area contributed by atoms with Crippen molar-refractivity contribution in [3.05, 3.63) is 57.0 Å². The molecule has 0 aliphatic carbocycles. The van der Waals surface area contributed by atoms with E-state index < -0.39 is 0 Å². The van der Waals surface area contributed by atoms with Crippen molar-refractivity contribution >= 4 is 58.0 Å². The van der Waals surface area contributed by atoms with Crippen molar-refractivity contribution < 1.29 is 9.59 Å². The van der Waals surface area contributed by atoms with Crippen molar-refractivity contribution in [1.29, 1.82) is 0 Å². The average Bonchev–Trinajstić information content (AvgIpc) is 2.47. The number of hydrogen-bond acceptors (Lipinski definition) is 3. The molecule has 0 atom stereocenters. The van der Waals surface area contributed by atoms with Gasteiger partial charge in [0.05, 0.1) is 22.2 Å².